The van der Waals surface area contributed by atoms with Crippen LogP contribution in [-0.2, 0) is 26.0 Å². The molecule has 2 amide bonds. The number of rotatable bonds is 8. The Morgan fingerprint density at radius 1 is 1.20 bits per heavy atom. The molecule has 0 spiro atoms. The molecule has 2 aliphatic heterocycles. The number of aliphatic imine (C=N–C) groups is 2. The second-order valence-corrected chi connectivity index (χ2v) is 10.9. The molecule has 2 heterocycles. The summed E-state index contributed by atoms with van der Waals surface area (Å²) in [7, 11) is -3.73. The van der Waals surface area contributed by atoms with Gasteiger partial charge in [-0.2, -0.15) is 0 Å². The van der Waals surface area contributed by atoms with Gasteiger partial charge in [0.2, 0.25) is 15.9 Å². The Balaban J connectivity index is 1.38. The van der Waals surface area contributed by atoms with Gasteiger partial charge in [-0.05, 0) is 42.2 Å². The molecular formula is C24H27N5O4S2. The molecule has 0 saturated carbocycles. The van der Waals surface area contributed by atoms with Gasteiger partial charge in [0.25, 0.3) is 5.91 Å². The Hall–Kier alpha value is -3.02. The van der Waals surface area contributed by atoms with E-state index in [1.54, 1.807) is 17.0 Å². The normalized spacial score (nSPS) is 17.9. The second-order valence-electron chi connectivity index (χ2n) is 8.45. The van der Waals surface area contributed by atoms with Crippen LogP contribution in [0.3, 0.4) is 0 Å². The number of nitrogens with zero attached hydrogens (tertiary/aromatic N) is 3. The number of carbonyl (C=O) groups is 2. The third-order valence-electron chi connectivity index (χ3n) is 6.00. The molecule has 2 aromatic carbocycles. The molecule has 9 nitrogen and oxygen atoms in total. The van der Waals surface area contributed by atoms with Crippen LogP contribution in [0, 0.1) is 5.92 Å². The number of benzene rings is 2. The Bertz CT molecular complexity index is 1310. The Morgan fingerprint density at radius 3 is 2.60 bits per heavy atom. The van der Waals surface area contributed by atoms with Crippen molar-refractivity contribution in [2.75, 3.05) is 12.3 Å². The van der Waals surface area contributed by atoms with E-state index >= 15 is 0 Å². The first-order chi connectivity index (χ1) is 16.7. The number of amides is 2. The summed E-state index contributed by atoms with van der Waals surface area (Å²) in [6.45, 7) is 4.43. The van der Waals surface area contributed by atoms with Crippen molar-refractivity contribution in [3.05, 3.63) is 59.7 Å². The van der Waals surface area contributed by atoms with Gasteiger partial charge < -0.3 is 5.32 Å². The van der Waals surface area contributed by atoms with E-state index in [0.29, 0.717) is 24.0 Å². The van der Waals surface area contributed by atoms with Crippen LogP contribution >= 0.6 is 11.8 Å². The number of carbonyl (C=O) groups excluding carboxylic acids is 2. The molecule has 4 rings (SSSR count). The van der Waals surface area contributed by atoms with Gasteiger partial charge in [-0.3, -0.25) is 14.6 Å². The number of primary sulfonamides is 1. The highest BCUT2D eigenvalue weighted by atomic mass is 32.2. The fourth-order valence-corrected chi connectivity index (χ4v) is 5.18. The maximum atomic E-state index is 13.2. The molecule has 0 saturated heterocycles. The molecule has 184 valence electrons. The minimum atomic E-state index is -3.73. The molecule has 3 N–H and O–H groups in total. The van der Waals surface area contributed by atoms with E-state index in [2.05, 4.69) is 10.3 Å². The van der Waals surface area contributed by atoms with Crippen molar-refractivity contribution < 1.29 is 18.0 Å². The number of amidine groups is 2. The quantitative estimate of drug-likeness (QED) is 0.559. The number of hydrogen-bond donors (Lipinski definition) is 2. The molecule has 2 aliphatic rings. The van der Waals surface area contributed by atoms with Gasteiger partial charge in [-0.25, -0.2) is 23.4 Å². The van der Waals surface area contributed by atoms with E-state index < -0.39 is 16.1 Å². The van der Waals surface area contributed by atoms with Gasteiger partial charge >= 0.3 is 0 Å². The van der Waals surface area contributed by atoms with E-state index in [1.807, 2.05) is 38.1 Å². The van der Waals surface area contributed by atoms with Crippen molar-refractivity contribution in [2.45, 2.75) is 37.6 Å². The number of nitrogens with one attached hydrogen (secondary N) is 1. The molecule has 0 radical (unpaired) electrons. The zero-order valence-electron chi connectivity index (χ0n) is 19.5. The summed E-state index contributed by atoms with van der Waals surface area (Å²) >= 11 is 1.20. The van der Waals surface area contributed by atoms with Crippen LogP contribution in [0.25, 0.3) is 0 Å². The highest BCUT2D eigenvalue weighted by Crippen LogP contribution is 2.35. The lowest BCUT2D eigenvalue weighted by Gasteiger charge is -2.25. The van der Waals surface area contributed by atoms with Crippen LogP contribution in [0.4, 0.5) is 5.69 Å². The number of nitrogens with two attached hydrogens (primary N) is 1. The van der Waals surface area contributed by atoms with Gasteiger partial charge in [0.15, 0.2) is 5.17 Å². The Morgan fingerprint density at radius 2 is 1.91 bits per heavy atom. The standard InChI is InChI=1S/C24H27N5O4S2/c1-3-15(2)21-23(31)29-22(28-21)18-6-4-5-7-19(18)27-24(29)34-14-20(30)26-13-12-16-8-10-17(11-9-16)35(25,32)33/h4-11,15,21H,3,12-14H2,1-2H3,(H,26,30)(H2,25,32,33)/t15-,21-/m1/s1. The summed E-state index contributed by atoms with van der Waals surface area (Å²) in [5.74, 6) is 0.481. The minimum Gasteiger partial charge on any atom is -0.355 e. The molecule has 2 atom stereocenters. The lowest BCUT2D eigenvalue weighted by Crippen LogP contribution is -2.42. The van der Waals surface area contributed by atoms with Gasteiger partial charge in [0.05, 0.1) is 16.3 Å². The fourth-order valence-electron chi connectivity index (χ4n) is 3.83. The van der Waals surface area contributed by atoms with Crippen molar-refractivity contribution in [1.82, 2.24) is 10.2 Å². The Kier molecular flexibility index (Phi) is 7.39. The largest absolute Gasteiger partial charge is 0.355 e. The SMILES string of the molecule is CC[C@@H](C)[C@H]1N=C2c3ccccc3N=C(SCC(=O)NCCc3ccc(S(N)(=O)=O)cc3)N2C1=O. The molecule has 0 aliphatic carbocycles. The van der Waals surface area contributed by atoms with Gasteiger partial charge in [0.1, 0.15) is 11.9 Å². The smallest absolute Gasteiger partial charge is 0.259 e. The summed E-state index contributed by atoms with van der Waals surface area (Å²) in [4.78, 5) is 36.7. The molecule has 0 bridgehead atoms. The summed E-state index contributed by atoms with van der Waals surface area (Å²) < 4.78 is 22.7. The van der Waals surface area contributed by atoms with Crippen molar-refractivity contribution in [1.29, 1.82) is 0 Å². The Labute approximate surface area is 209 Å². The predicted octanol–water partition coefficient (Wildman–Crippen LogP) is 2.43. The van der Waals surface area contributed by atoms with Crippen LogP contribution in [0.2, 0.25) is 0 Å². The van der Waals surface area contributed by atoms with Crippen LogP contribution in [-0.4, -0.2) is 54.5 Å². The first-order valence-corrected chi connectivity index (χ1v) is 13.8. The molecule has 35 heavy (non-hydrogen) atoms. The minimum absolute atomic E-state index is 0.0476. The van der Waals surface area contributed by atoms with Crippen LogP contribution in [0.1, 0.15) is 31.4 Å². The first-order valence-electron chi connectivity index (χ1n) is 11.3. The average molecular weight is 514 g/mol. The van der Waals surface area contributed by atoms with Crippen molar-refractivity contribution in [3.63, 3.8) is 0 Å². The predicted molar refractivity (Wildman–Crippen MR) is 137 cm³/mol. The number of fused-ring (bicyclic) bond motifs is 3. The van der Waals surface area contributed by atoms with Crippen molar-refractivity contribution in [2.24, 2.45) is 21.0 Å². The molecule has 0 unspecified atom stereocenters. The highest BCUT2D eigenvalue weighted by molar-refractivity contribution is 8.14. The van der Waals surface area contributed by atoms with Crippen LogP contribution in [0.5, 0.6) is 0 Å². The van der Waals surface area contributed by atoms with E-state index in [-0.39, 0.29) is 28.4 Å². The molecule has 0 aromatic heterocycles. The van der Waals surface area contributed by atoms with Crippen molar-refractivity contribution >= 4 is 50.3 Å². The van der Waals surface area contributed by atoms with E-state index in [1.165, 1.54) is 23.9 Å². The lowest BCUT2D eigenvalue weighted by atomic mass is 10.00. The summed E-state index contributed by atoms with van der Waals surface area (Å²) in [6.07, 6.45) is 1.36. The third-order valence-corrected chi connectivity index (χ3v) is 7.87. The van der Waals surface area contributed by atoms with Crippen LogP contribution in [0.15, 0.2) is 63.4 Å². The molecular weight excluding hydrogens is 486 g/mol. The molecule has 0 fully saturated rings. The highest BCUT2D eigenvalue weighted by Gasteiger charge is 2.43. The van der Waals surface area contributed by atoms with E-state index in [9.17, 15) is 18.0 Å². The monoisotopic (exact) mass is 513 g/mol. The summed E-state index contributed by atoms with van der Waals surface area (Å²) in [6, 6.07) is 13.3. The molecule has 11 heteroatoms. The lowest BCUT2D eigenvalue weighted by molar-refractivity contribution is -0.125. The van der Waals surface area contributed by atoms with E-state index in [4.69, 9.17) is 10.1 Å². The van der Waals surface area contributed by atoms with Gasteiger partial charge in [-0.15, -0.1) is 0 Å². The summed E-state index contributed by atoms with van der Waals surface area (Å²) in [5.41, 5.74) is 2.41. The molecule has 2 aromatic rings. The van der Waals surface area contributed by atoms with Gasteiger partial charge in [0, 0.05) is 12.1 Å². The number of thioether (sulfide) groups is 1. The van der Waals surface area contributed by atoms with Crippen molar-refractivity contribution in [3.8, 4) is 0 Å². The second kappa shape index (κ2) is 10.3. The maximum Gasteiger partial charge on any atom is 0.259 e. The third kappa shape index (κ3) is 5.47. The topological polar surface area (TPSA) is 134 Å². The maximum absolute atomic E-state index is 13.2. The number of sulfonamides is 1. The zero-order chi connectivity index (χ0) is 25.2. The average Bonchev–Trinajstić information content (AvgIpc) is 3.19. The fraction of sp³-hybridized carbons (Fsp3) is 0.333. The zero-order valence-corrected chi connectivity index (χ0v) is 21.1. The van der Waals surface area contributed by atoms with Gasteiger partial charge in [-0.1, -0.05) is 56.3 Å². The first kappa shape index (κ1) is 25.1. The summed E-state index contributed by atoms with van der Waals surface area (Å²) in [5, 5.41) is 8.41. The van der Waals surface area contributed by atoms with Crippen LogP contribution < -0.4 is 10.5 Å². The van der Waals surface area contributed by atoms with E-state index in [0.717, 1.165) is 23.2 Å². The number of para-hydroxylation sites is 1. The number of hydrogen-bond acceptors (Lipinski definition) is 7.